The number of nitrogens with two attached hydrogens (primary N) is 1. The van der Waals surface area contributed by atoms with Gasteiger partial charge in [0.1, 0.15) is 5.69 Å². The Morgan fingerprint density at radius 1 is 1.53 bits per heavy atom. The molecule has 1 atom stereocenters. The van der Waals surface area contributed by atoms with Crippen molar-refractivity contribution in [1.29, 1.82) is 0 Å². The number of carbonyl (C=O) groups excluding carboxylic acids is 1. The Morgan fingerprint density at radius 3 is 2.89 bits per heavy atom. The number of hydrogen-bond acceptors (Lipinski definition) is 5. The van der Waals surface area contributed by atoms with Crippen LogP contribution in [0, 0.1) is 10.1 Å². The Labute approximate surface area is 114 Å². The zero-order valence-corrected chi connectivity index (χ0v) is 11.1. The highest BCUT2D eigenvalue weighted by atomic mass is 32.2. The predicted octanol–water partition coefficient (Wildman–Crippen LogP) is 2.00. The summed E-state index contributed by atoms with van der Waals surface area (Å²) in [5.41, 5.74) is 5.62. The Morgan fingerprint density at radius 2 is 2.32 bits per heavy atom. The molecule has 1 aromatic rings. The molecule has 1 fully saturated rings. The molecule has 0 saturated carbocycles. The molecule has 0 aromatic heterocycles. The molecule has 1 saturated heterocycles. The Balaban J connectivity index is 2.23. The first-order valence-electron chi connectivity index (χ1n) is 6.00. The molecule has 2 rings (SSSR count). The summed E-state index contributed by atoms with van der Waals surface area (Å²) in [6.07, 6.45) is 2.11. The van der Waals surface area contributed by atoms with Crippen LogP contribution in [0.4, 0.5) is 11.4 Å². The van der Waals surface area contributed by atoms with E-state index >= 15 is 0 Å². The normalized spacial score (nSPS) is 18.8. The maximum absolute atomic E-state index is 11.1. The molecular formula is C12H15N3O3S. The van der Waals surface area contributed by atoms with Gasteiger partial charge in [-0.1, -0.05) is 0 Å². The molecule has 7 heteroatoms. The van der Waals surface area contributed by atoms with Crippen molar-refractivity contribution in [3.05, 3.63) is 33.9 Å². The fourth-order valence-corrected chi connectivity index (χ4v) is 3.10. The minimum Gasteiger partial charge on any atom is -0.376 e. The third kappa shape index (κ3) is 3.37. The van der Waals surface area contributed by atoms with Gasteiger partial charge in [0.25, 0.3) is 5.69 Å². The zero-order valence-electron chi connectivity index (χ0n) is 10.3. The topological polar surface area (TPSA) is 98.3 Å². The summed E-state index contributed by atoms with van der Waals surface area (Å²) in [6.45, 7) is 0. The molecule has 1 heterocycles. The van der Waals surface area contributed by atoms with Crippen LogP contribution in [0.5, 0.6) is 0 Å². The highest BCUT2D eigenvalue weighted by molar-refractivity contribution is 7.99. The summed E-state index contributed by atoms with van der Waals surface area (Å²) in [7, 11) is 0. The fraction of sp³-hybridized carbons (Fsp3) is 0.417. The molecule has 0 aliphatic carbocycles. The van der Waals surface area contributed by atoms with Crippen molar-refractivity contribution in [2.45, 2.75) is 18.9 Å². The van der Waals surface area contributed by atoms with Crippen molar-refractivity contribution < 1.29 is 9.72 Å². The summed E-state index contributed by atoms with van der Waals surface area (Å²) < 4.78 is 0. The van der Waals surface area contributed by atoms with E-state index in [9.17, 15) is 14.9 Å². The predicted molar refractivity (Wildman–Crippen MR) is 75.6 cm³/mol. The van der Waals surface area contributed by atoms with Gasteiger partial charge in [0, 0.05) is 23.4 Å². The lowest BCUT2D eigenvalue weighted by molar-refractivity contribution is -0.384. The van der Waals surface area contributed by atoms with Gasteiger partial charge < -0.3 is 11.1 Å². The second-order valence-electron chi connectivity index (χ2n) is 4.41. The van der Waals surface area contributed by atoms with Crippen LogP contribution in [0.3, 0.4) is 0 Å². The number of nitro groups is 1. The molecule has 1 amide bonds. The Kier molecular flexibility index (Phi) is 4.26. The zero-order chi connectivity index (χ0) is 13.8. The average Bonchev–Trinajstić information content (AvgIpc) is 2.39. The van der Waals surface area contributed by atoms with Gasteiger partial charge >= 0.3 is 0 Å². The molecule has 1 aliphatic heterocycles. The van der Waals surface area contributed by atoms with E-state index in [1.807, 2.05) is 11.8 Å². The van der Waals surface area contributed by atoms with Crippen LogP contribution in [-0.2, 0) is 0 Å². The number of carbonyl (C=O) groups is 1. The van der Waals surface area contributed by atoms with E-state index in [2.05, 4.69) is 5.32 Å². The van der Waals surface area contributed by atoms with E-state index in [-0.39, 0.29) is 17.3 Å². The number of nitrogens with zero attached hydrogens (tertiary/aromatic N) is 1. The molecule has 6 nitrogen and oxygen atoms in total. The van der Waals surface area contributed by atoms with Crippen LogP contribution in [0.25, 0.3) is 0 Å². The second kappa shape index (κ2) is 5.92. The van der Waals surface area contributed by atoms with Crippen LogP contribution in [-0.4, -0.2) is 28.4 Å². The number of amides is 1. The lowest BCUT2D eigenvalue weighted by Crippen LogP contribution is -2.26. The first kappa shape index (κ1) is 13.7. The van der Waals surface area contributed by atoms with E-state index in [4.69, 9.17) is 5.73 Å². The largest absolute Gasteiger partial charge is 0.376 e. The number of nitro benzene ring substituents is 1. The van der Waals surface area contributed by atoms with Crippen molar-refractivity contribution in [1.82, 2.24) is 0 Å². The number of primary amides is 1. The van der Waals surface area contributed by atoms with Crippen LogP contribution in [0.2, 0.25) is 0 Å². The highest BCUT2D eigenvalue weighted by Crippen LogP contribution is 2.28. The van der Waals surface area contributed by atoms with E-state index in [0.29, 0.717) is 5.69 Å². The quantitative estimate of drug-likeness (QED) is 0.649. The van der Waals surface area contributed by atoms with Gasteiger partial charge in [0.05, 0.1) is 4.92 Å². The molecule has 19 heavy (non-hydrogen) atoms. The van der Waals surface area contributed by atoms with Crippen molar-refractivity contribution in [2.75, 3.05) is 16.8 Å². The first-order valence-corrected chi connectivity index (χ1v) is 7.16. The number of hydrogen-bond donors (Lipinski definition) is 2. The minimum absolute atomic E-state index is 0.105. The molecule has 0 bridgehead atoms. The van der Waals surface area contributed by atoms with Gasteiger partial charge in [-0.15, -0.1) is 0 Å². The average molecular weight is 281 g/mol. The summed E-state index contributed by atoms with van der Waals surface area (Å²) >= 11 is 1.84. The van der Waals surface area contributed by atoms with Crippen LogP contribution < -0.4 is 11.1 Å². The Bertz CT molecular complexity index is 501. The lowest BCUT2D eigenvalue weighted by Gasteiger charge is -2.23. The monoisotopic (exact) mass is 281 g/mol. The van der Waals surface area contributed by atoms with Gasteiger partial charge in [0.2, 0.25) is 5.91 Å². The summed E-state index contributed by atoms with van der Waals surface area (Å²) in [5.74, 6) is 1.41. The van der Waals surface area contributed by atoms with Crippen molar-refractivity contribution in [2.24, 2.45) is 5.73 Å². The molecule has 0 radical (unpaired) electrons. The number of rotatable bonds is 4. The maximum atomic E-state index is 11.1. The maximum Gasteiger partial charge on any atom is 0.293 e. The van der Waals surface area contributed by atoms with E-state index in [1.54, 1.807) is 6.07 Å². The first-order chi connectivity index (χ1) is 9.08. The number of anilines is 1. The molecule has 3 N–H and O–H groups in total. The molecule has 1 aromatic carbocycles. The van der Waals surface area contributed by atoms with E-state index in [1.165, 1.54) is 12.1 Å². The van der Waals surface area contributed by atoms with Gasteiger partial charge in [0.15, 0.2) is 0 Å². The van der Waals surface area contributed by atoms with Crippen molar-refractivity contribution >= 4 is 29.0 Å². The SMILES string of the molecule is NC(=O)c1ccc(NC2CCCSC2)c([N+](=O)[O-])c1. The minimum atomic E-state index is -0.664. The van der Waals surface area contributed by atoms with E-state index in [0.717, 1.165) is 24.3 Å². The third-order valence-electron chi connectivity index (χ3n) is 3.00. The van der Waals surface area contributed by atoms with Crippen LogP contribution in [0.1, 0.15) is 23.2 Å². The number of thioether (sulfide) groups is 1. The van der Waals surface area contributed by atoms with Gasteiger partial charge in [-0.05, 0) is 30.7 Å². The molecule has 0 spiro atoms. The lowest BCUT2D eigenvalue weighted by atomic mass is 10.1. The Hall–Kier alpha value is -1.76. The third-order valence-corrected chi connectivity index (χ3v) is 4.21. The van der Waals surface area contributed by atoms with Gasteiger partial charge in [-0.25, -0.2) is 0 Å². The fourth-order valence-electron chi connectivity index (χ4n) is 2.03. The summed E-state index contributed by atoms with van der Waals surface area (Å²) in [6, 6.07) is 4.52. The summed E-state index contributed by atoms with van der Waals surface area (Å²) in [4.78, 5) is 21.6. The van der Waals surface area contributed by atoms with Gasteiger partial charge in [-0.3, -0.25) is 14.9 Å². The smallest absolute Gasteiger partial charge is 0.293 e. The number of benzene rings is 1. The standard InChI is InChI=1S/C12H15N3O3S/c13-12(16)8-3-4-10(11(6-8)15(17)18)14-9-2-1-5-19-7-9/h3-4,6,9,14H,1-2,5,7H2,(H2,13,16). The van der Waals surface area contributed by atoms with Crippen LogP contribution >= 0.6 is 11.8 Å². The van der Waals surface area contributed by atoms with Crippen molar-refractivity contribution in [3.63, 3.8) is 0 Å². The highest BCUT2D eigenvalue weighted by Gasteiger charge is 2.20. The number of nitrogens with one attached hydrogen (secondary N) is 1. The second-order valence-corrected chi connectivity index (χ2v) is 5.56. The molecule has 1 unspecified atom stereocenters. The molecule has 102 valence electrons. The van der Waals surface area contributed by atoms with E-state index < -0.39 is 10.8 Å². The van der Waals surface area contributed by atoms with Gasteiger partial charge in [-0.2, -0.15) is 11.8 Å². The summed E-state index contributed by atoms with van der Waals surface area (Å²) in [5, 5.41) is 14.2. The van der Waals surface area contributed by atoms with Crippen molar-refractivity contribution in [3.8, 4) is 0 Å². The molecule has 1 aliphatic rings. The molecular weight excluding hydrogens is 266 g/mol. The van der Waals surface area contributed by atoms with Crippen LogP contribution in [0.15, 0.2) is 18.2 Å².